The molecule has 2 rings (SSSR count). The predicted molar refractivity (Wildman–Crippen MR) is 73.0 cm³/mol. The minimum absolute atomic E-state index is 0.287. The molecule has 0 saturated heterocycles. The summed E-state index contributed by atoms with van der Waals surface area (Å²) in [6.45, 7) is 2.29. The van der Waals surface area contributed by atoms with Gasteiger partial charge in [-0.3, -0.25) is 0 Å². The van der Waals surface area contributed by atoms with Crippen molar-refractivity contribution in [1.29, 1.82) is 0 Å². The largest absolute Gasteiger partial charge is 0.388 e. The minimum atomic E-state index is 0.287. The molecule has 92 valence electrons. The van der Waals surface area contributed by atoms with Crippen LogP contribution in [0.25, 0.3) is 0 Å². The second kappa shape index (κ2) is 5.40. The molecule has 2 atom stereocenters. The van der Waals surface area contributed by atoms with Crippen LogP contribution >= 0.6 is 12.2 Å². The van der Waals surface area contributed by atoms with E-state index in [1.165, 1.54) is 25.7 Å². The molecule has 0 amide bonds. The number of hydrogen-bond acceptors (Lipinski definition) is 4. The van der Waals surface area contributed by atoms with Crippen LogP contribution in [0.5, 0.6) is 0 Å². The van der Waals surface area contributed by atoms with Crippen LogP contribution in [-0.2, 0) is 0 Å². The molecule has 5 heteroatoms. The lowest BCUT2D eigenvalue weighted by atomic mass is 9.86. The molecule has 0 spiro atoms. The predicted octanol–water partition coefficient (Wildman–Crippen LogP) is 2.10. The van der Waals surface area contributed by atoms with Crippen molar-refractivity contribution in [3.05, 3.63) is 18.1 Å². The van der Waals surface area contributed by atoms with E-state index in [2.05, 4.69) is 22.2 Å². The van der Waals surface area contributed by atoms with E-state index in [0.29, 0.717) is 17.7 Å². The van der Waals surface area contributed by atoms with E-state index in [0.717, 1.165) is 5.82 Å². The highest BCUT2D eigenvalue weighted by atomic mass is 32.1. The van der Waals surface area contributed by atoms with Gasteiger partial charge < -0.3 is 11.1 Å². The van der Waals surface area contributed by atoms with Crippen molar-refractivity contribution in [3.8, 4) is 0 Å². The molecule has 1 fully saturated rings. The zero-order valence-corrected chi connectivity index (χ0v) is 10.8. The Morgan fingerprint density at radius 3 is 2.71 bits per heavy atom. The molecule has 0 aliphatic heterocycles. The van der Waals surface area contributed by atoms with Gasteiger partial charge in [0, 0.05) is 6.04 Å². The van der Waals surface area contributed by atoms with Gasteiger partial charge in [0.2, 0.25) is 0 Å². The quantitative estimate of drug-likeness (QED) is 0.804. The maximum atomic E-state index is 5.48. The van der Waals surface area contributed by atoms with Gasteiger partial charge in [0.25, 0.3) is 0 Å². The topological polar surface area (TPSA) is 63.8 Å². The number of nitrogens with two attached hydrogens (primary N) is 1. The molecule has 1 aromatic rings. The van der Waals surface area contributed by atoms with Crippen LogP contribution in [0.2, 0.25) is 0 Å². The molecule has 1 saturated carbocycles. The van der Waals surface area contributed by atoms with E-state index in [4.69, 9.17) is 18.0 Å². The zero-order chi connectivity index (χ0) is 12.3. The standard InChI is InChI=1S/C12H18N4S/c1-8-4-2-3-5-9(8)16-11-7-14-10(6-15-11)12(13)17/h6-9H,2-5H2,1H3,(H2,13,17)(H,15,16). The average Bonchev–Trinajstić information content (AvgIpc) is 2.33. The summed E-state index contributed by atoms with van der Waals surface area (Å²) in [5.41, 5.74) is 6.05. The second-order valence-corrected chi connectivity index (χ2v) is 5.10. The van der Waals surface area contributed by atoms with Crippen LogP contribution in [0.3, 0.4) is 0 Å². The lowest BCUT2D eigenvalue weighted by Crippen LogP contribution is -2.30. The van der Waals surface area contributed by atoms with Crippen molar-refractivity contribution < 1.29 is 0 Å². The zero-order valence-electron chi connectivity index (χ0n) is 10.0. The van der Waals surface area contributed by atoms with Crippen LogP contribution < -0.4 is 11.1 Å². The molecule has 0 aromatic carbocycles. The van der Waals surface area contributed by atoms with Crippen LogP contribution in [0.15, 0.2) is 12.4 Å². The molecule has 1 heterocycles. The summed E-state index contributed by atoms with van der Waals surface area (Å²) in [4.78, 5) is 8.75. The van der Waals surface area contributed by atoms with Gasteiger partial charge in [-0.25, -0.2) is 9.97 Å². The van der Waals surface area contributed by atoms with E-state index in [1.54, 1.807) is 12.4 Å². The van der Waals surface area contributed by atoms with Gasteiger partial charge in [0.15, 0.2) is 0 Å². The van der Waals surface area contributed by atoms with Gasteiger partial charge >= 0.3 is 0 Å². The molecule has 3 N–H and O–H groups in total. The van der Waals surface area contributed by atoms with Gasteiger partial charge in [-0.15, -0.1) is 0 Å². The van der Waals surface area contributed by atoms with Crippen LogP contribution in [-0.4, -0.2) is 21.0 Å². The highest BCUT2D eigenvalue weighted by molar-refractivity contribution is 7.80. The Hall–Kier alpha value is -1.23. The third-order valence-electron chi connectivity index (χ3n) is 3.35. The third-order valence-corrected chi connectivity index (χ3v) is 3.56. The summed E-state index contributed by atoms with van der Waals surface area (Å²) in [7, 11) is 0. The summed E-state index contributed by atoms with van der Waals surface area (Å²) in [6, 6.07) is 0.508. The minimum Gasteiger partial charge on any atom is -0.388 e. The molecule has 17 heavy (non-hydrogen) atoms. The Morgan fingerprint density at radius 2 is 2.12 bits per heavy atom. The van der Waals surface area contributed by atoms with E-state index < -0.39 is 0 Å². The molecule has 1 aliphatic carbocycles. The fourth-order valence-electron chi connectivity index (χ4n) is 2.25. The highest BCUT2D eigenvalue weighted by Crippen LogP contribution is 2.25. The van der Waals surface area contributed by atoms with Gasteiger partial charge in [-0.2, -0.15) is 0 Å². The van der Waals surface area contributed by atoms with E-state index in [9.17, 15) is 0 Å². The maximum Gasteiger partial charge on any atom is 0.144 e. The summed E-state index contributed by atoms with van der Waals surface area (Å²) in [6.07, 6.45) is 8.45. The number of hydrogen-bond donors (Lipinski definition) is 2. The summed E-state index contributed by atoms with van der Waals surface area (Å²) in [5, 5.41) is 3.44. The number of nitrogens with one attached hydrogen (secondary N) is 1. The van der Waals surface area contributed by atoms with Crippen molar-refractivity contribution >= 4 is 23.0 Å². The fraction of sp³-hybridized carbons (Fsp3) is 0.583. The monoisotopic (exact) mass is 250 g/mol. The third kappa shape index (κ3) is 3.12. The van der Waals surface area contributed by atoms with Crippen molar-refractivity contribution in [2.24, 2.45) is 11.7 Å². The smallest absolute Gasteiger partial charge is 0.144 e. The first-order valence-corrected chi connectivity index (χ1v) is 6.46. The van der Waals surface area contributed by atoms with E-state index in [1.807, 2.05) is 0 Å². The van der Waals surface area contributed by atoms with E-state index in [-0.39, 0.29) is 4.99 Å². The molecule has 0 bridgehead atoms. The molecule has 0 radical (unpaired) electrons. The SMILES string of the molecule is CC1CCCCC1Nc1cnc(C(N)=S)cn1. The maximum absolute atomic E-state index is 5.48. The first-order valence-electron chi connectivity index (χ1n) is 6.05. The molecule has 1 aromatic heterocycles. The van der Waals surface area contributed by atoms with Crippen molar-refractivity contribution in [1.82, 2.24) is 9.97 Å². The molecule has 1 aliphatic rings. The van der Waals surface area contributed by atoms with Crippen molar-refractivity contribution in [2.75, 3.05) is 5.32 Å². The van der Waals surface area contributed by atoms with Gasteiger partial charge in [-0.1, -0.05) is 32.0 Å². The lowest BCUT2D eigenvalue weighted by Gasteiger charge is -2.29. The normalized spacial score (nSPS) is 24.3. The van der Waals surface area contributed by atoms with Gasteiger partial charge in [0.1, 0.15) is 16.5 Å². The Labute approximate surface area is 107 Å². The molecule has 4 nitrogen and oxygen atoms in total. The fourth-order valence-corrected chi connectivity index (χ4v) is 2.36. The highest BCUT2D eigenvalue weighted by Gasteiger charge is 2.21. The molecular weight excluding hydrogens is 232 g/mol. The van der Waals surface area contributed by atoms with E-state index >= 15 is 0 Å². The number of aromatic nitrogens is 2. The number of thiocarbonyl (C=S) groups is 1. The molecular formula is C12H18N4S. The van der Waals surface area contributed by atoms with Crippen LogP contribution in [0, 0.1) is 5.92 Å². The Balaban J connectivity index is 2.00. The number of rotatable bonds is 3. The Kier molecular flexibility index (Phi) is 3.89. The first-order chi connectivity index (χ1) is 8.16. The number of anilines is 1. The second-order valence-electron chi connectivity index (χ2n) is 4.66. The summed E-state index contributed by atoms with van der Waals surface area (Å²) in [5.74, 6) is 1.50. The lowest BCUT2D eigenvalue weighted by molar-refractivity contribution is 0.349. The first kappa shape index (κ1) is 12.2. The van der Waals surface area contributed by atoms with Crippen molar-refractivity contribution in [2.45, 2.75) is 38.6 Å². The summed E-state index contributed by atoms with van der Waals surface area (Å²) >= 11 is 4.84. The van der Waals surface area contributed by atoms with Gasteiger partial charge in [-0.05, 0) is 18.8 Å². The Morgan fingerprint density at radius 1 is 1.35 bits per heavy atom. The number of nitrogens with zero attached hydrogens (tertiary/aromatic N) is 2. The molecule has 2 unspecified atom stereocenters. The summed E-state index contributed by atoms with van der Waals surface area (Å²) < 4.78 is 0. The van der Waals surface area contributed by atoms with Crippen LogP contribution in [0.4, 0.5) is 5.82 Å². The van der Waals surface area contributed by atoms with Gasteiger partial charge in [0.05, 0.1) is 12.4 Å². The average molecular weight is 250 g/mol. The Bertz CT molecular complexity index is 390. The van der Waals surface area contributed by atoms with Crippen LogP contribution in [0.1, 0.15) is 38.3 Å². The van der Waals surface area contributed by atoms with Crippen molar-refractivity contribution in [3.63, 3.8) is 0 Å².